The number of ether oxygens (including phenoxy) is 3. The van der Waals surface area contributed by atoms with Crippen molar-refractivity contribution in [3.05, 3.63) is 29.8 Å². The van der Waals surface area contributed by atoms with E-state index in [0.29, 0.717) is 16.5 Å². The molecule has 1 aromatic carbocycles. The molecule has 1 unspecified atom stereocenters. The molecule has 0 radical (unpaired) electrons. The summed E-state index contributed by atoms with van der Waals surface area (Å²) in [5, 5.41) is 21.3. The maximum absolute atomic E-state index is 13.8. The topological polar surface area (TPSA) is 83.8 Å². The fourth-order valence-electron chi connectivity index (χ4n) is 3.22. The highest BCUT2D eigenvalue weighted by atomic mass is 32.2. The molecule has 7 nitrogen and oxygen atoms in total. The van der Waals surface area contributed by atoms with E-state index in [1.54, 1.807) is 43.3 Å². The second kappa shape index (κ2) is 8.68. The Labute approximate surface area is 170 Å². The third-order valence-corrected chi connectivity index (χ3v) is 6.01. The quantitative estimate of drug-likeness (QED) is 0.726. The molecule has 2 aliphatic rings. The van der Waals surface area contributed by atoms with Crippen LogP contribution in [0, 0.1) is 0 Å². The molecule has 1 fully saturated rings. The standard InChI is InChI=1S/C18H23F3N2O5S/c1-23(2)17-22-11-12(24)13(25)14(28-16(11)29-17)15(18(19,20)21)27-8-9-6-4-5-7-10(9)26-3/h4-7,11-16,24-25H,8H2,1-3H3/t11-,12-,13+,14+,15?,16-/m1/s1. The smallest absolute Gasteiger partial charge is 0.417 e. The van der Waals surface area contributed by atoms with Crippen LogP contribution in [0.15, 0.2) is 29.3 Å². The summed E-state index contributed by atoms with van der Waals surface area (Å²) in [6, 6.07) is 5.68. The van der Waals surface area contributed by atoms with E-state index in [9.17, 15) is 23.4 Å². The van der Waals surface area contributed by atoms with Crippen LogP contribution in [-0.2, 0) is 16.1 Å². The van der Waals surface area contributed by atoms with Gasteiger partial charge in [0.25, 0.3) is 0 Å². The fourth-order valence-corrected chi connectivity index (χ4v) is 4.36. The van der Waals surface area contributed by atoms with Crippen molar-refractivity contribution in [2.24, 2.45) is 4.99 Å². The van der Waals surface area contributed by atoms with E-state index in [4.69, 9.17) is 14.2 Å². The van der Waals surface area contributed by atoms with Gasteiger partial charge in [-0.05, 0) is 6.07 Å². The molecule has 0 saturated carbocycles. The van der Waals surface area contributed by atoms with Gasteiger partial charge in [0.2, 0.25) is 0 Å². The summed E-state index contributed by atoms with van der Waals surface area (Å²) in [6.07, 6.45) is -12.4. The molecule has 3 rings (SSSR count). The van der Waals surface area contributed by atoms with Gasteiger partial charge in [0.15, 0.2) is 11.3 Å². The Morgan fingerprint density at radius 2 is 1.93 bits per heavy atom. The molecule has 1 saturated heterocycles. The van der Waals surface area contributed by atoms with E-state index in [0.717, 1.165) is 11.8 Å². The van der Waals surface area contributed by atoms with Crippen LogP contribution in [0.4, 0.5) is 13.2 Å². The molecular formula is C18H23F3N2O5S. The van der Waals surface area contributed by atoms with Gasteiger partial charge < -0.3 is 29.3 Å². The van der Waals surface area contributed by atoms with Crippen molar-refractivity contribution < 1.29 is 37.6 Å². The first kappa shape index (κ1) is 22.2. The van der Waals surface area contributed by atoms with Crippen LogP contribution in [0.3, 0.4) is 0 Å². The first-order valence-corrected chi connectivity index (χ1v) is 9.75. The molecule has 0 amide bonds. The number of methoxy groups -OCH3 is 1. The SMILES string of the molecule is COc1ccccc1COC([C@H]1O[C@@H]2SC(N(C)C)=N[C@@H]2[C@@H](O)[C@@H]1O)C(F)(F)F. The molecule has 1 aromatic rings. The lowest BCUT2D eigenvalue weighted by Gasteiger charge is -2.41. The lowest BCUT2D eigenvalue weighted by molar-refractivity contribution is -0.287. The van der Waals surface area contributed by atoms with Gasteiger partial charge in [-0.2, -0.15) is 13.2 Å². The summed E-state index contributed by atoms with van der Waals surface area (Å²) < 4.78 is 57.1. The number of thioether (sulfide) groups is 1. The van der Waals surface area contributed by atoms with Gasteiger partial charge in [0.1, 0.15) is 35.5 Å². The van der Waals surface area contributed by atoms with E-state index >= 15 is 0 Å². The molecule has 11 heteroatoms. The summed E-state index contributed by atoms with van der Waals surface area (Å²) in [6.45, 7) is -0.405. The molecule has 2 aliphatic heterocycles. The average molecular weight is 436 g/mol. The number of alkyl halides is 3. The predicted octanol–water partition coefficient (Wildman–Crippen LogP) is 1.62. The number of aliphatic hydroxyl groups is 2. The van der Waals surface area contributed by atoms with Crippen LogP contribution in [0.25, 0.3) is 0 Å². The van der Waals surface area contributed by atoms with Crippen molar-refractivity contribution in [1.82, 2.24) is 4.90 Å². The number of aliphatic hydroxyl groups excluding tert-OH is 2. The normalized spacial score (nSPS) is 30.5. The highest BCUT2D eigenvalue weighted by Gasteiger charge is 2.57. The zero-order valence-electron chi connectivity index (χ0n) is 16.0. The third-order valence-electron chi connectivity index (χ3n) is 4.70. The molecule has 2 heterocycles. The average Bonchev–Trinajstić information content (AvgIpc) is 3.09. The minimum atomic E-state index is -4.82. The summed E-state index contributed by atoms with van der Waals surface area (Å²) in [5.74, 6) is 0.383. The van der Waals surface area contributed by atoms with Crippen molar-refractivity contribution in [3.8, 4) is 5.75 Å². The Hall–Kier alpha value is -1.53. The van der Waals surface area contributed by atoms with Gasteiger partial charge in [0.05, 0.1) is 13.7 Å². The maximum Gasteiger partial charge on any atom is 0.417 e. The highest BCUT2D eigenvalue weighted by molar-refractivity contribution is 8.14. The minimum Gasteiger partial charge on any atom is -0.496 e. The Kier molecular flexibility index (Phi) is 6.64. The molecule has 29 heavy (non-hydrogen) atoms. The first-order valence-electron chi connectivity index (χ1n) is 8.87. The number of nitrogens with zero attached hydrogens (tertiary/aromatic N) is 2. The third kappa shape index (κ3) is 4.64. The number of hydrogen-bond donors (Lipinski definition) is 2. The van der Waals surface area contributed by atoms with Crippen LogP contribution >= 0.6 is 11.8 Å². The number of halogens is 3. The molecule has 2 N–H and O–H groups in total. The molecule has 0 aliphatic carbocycles. The maximum atomic E-state index is 13.8. The lowest BCUT2D eigenvalue weighted by atomic mass is 9.94. The molecule has 162 valence electrons. The minimum absolute atomic E-state index is 0.383. The summed E-state index contributed by atoms with van der Waals surface area (Å²) in [5.41, 5.74) is -0.433. The number of para-hydroxylation sites is 1. The number of fused-ring (bicyclic) bond motifs is 1. The zero-order valence-corrected chi connectivity index (χ0v) is 16.9. The summed E-state index contributed by atoms with van der Waals surface area (Å²) in [4.78, 5) is 5.91. The van der Waals surface area contributed by atoms with Crippen molar-refractivity contribution in [1.29, 1.82) is 0 Å². The Morgan fingerprint density at radius 1 is 1.24 bits per heavy atom. The monoisotopic (exact) mass is 436 g/mol. The van der Waals surface area contributed by atoms with Crippen molar-refractivity contribution in [2.45, 2.75) is 48.7 Å². The Balaban J connectivity index is 1.79. The summed E-state index contributed by atoms with van der Waals surface area (Å²) in [7, 11) is 4.85. The molecule has 0 aromatic heterocycles. The van der Waals surface area contributed by atoms with E-state index in [-0.39, 0.29) is 0 Å². The first-order chi connectivity index (χ1) is 13.6. The van der Waals surface area contributed by atoms with Crippen LogP contribution < -0.4 is 4.74 Å². The Morgan fingerprint density at radius 3 is 2.55 bits per heavy atom. The predicted molar refractivity (Wildman–Crippen MR) is 101 cm³/mol. The number of aliphatic imine (C=N–C) groups is 1. The van der Waals surface area contributed by atoms with Crippen molar-refractivity contribution in [2.75, 3.05) is 21.2 Å². The van der Waals surface area contributed by atoms with Crippen LogP contribution in [0.1, 0.15) is 5.56 Å². The van der Waals surface area contributed by atoms with Gasteiger partial charge in [-0.15, -0.1) is 0 Å². The van der Waals surface area contributed by atoms with Gasteiger partial charge in [-0.25, -0.2) is 0 Å². The van der Waals surface area contributed by atoms with E-state index in [1.807, 2.05) is 0 Å². The largest absolute Gasteiger partial charge is 0.496 e. The summed E-state index contributed by atoms with van der Waals surface area (Å²) >= 11 is 1.10. The van der Waals surface area contributed by atoms with Gasteiger partial charge in [-0.3, -0.25) is 4.99 Å². The van der Waals surface area contributed by atoms with Crippen LogP contribution in [0.5, 0.6) is 5.75 Å². The van der Waals surface area contributed by atoms with E-state index < -0.39 is 48.7 Å². The van der Waals surface area contributed by atoms with E-state index in [1.165, 1.54) is 7.11 Å². The number of hydrogen-bond acceptors (Lipinski definition) is 8. The molecule has 6 atom stereocenters. The van der Waals surface area contributed by atoms with Crippen molar-refractivity contribution >= 4 is 16.9 Å². The second-order valence-corrected chi connectivity index (χ2v) is 8.02. The zero-order chi connectivity index (χ0) is 21.3. The number of amidine groups is 1. The number of rotatable bonds is 5. The van der Waals surface area contributed by atoms with Gasteiger partial charge in [0, 0.05) is 19.7 Å². The molecule has 0 spiro atoms. The van der Waals surface area contributed by atoms with Gasteiger partial charge in [-0.1, -0.05) is 30.0 Å². The van der Waals surface area contributed by atoms with Crippen LogP contribution in [-0.4, -0.2) is 83.6 Å². The molecular weight excluding hydrogens is 413 g/mol. The lowest BCUT2D eigenvalue weighted by Crippen LogP contribution is -2.61. The van der Waals surface area contributed by atoms with Crippen molar-refractivity contribution in [3.63, 3.8) is 0 Å². The second-order valence-electron chi connectivity index (χ2n) is 6.95. The van der Waals surface area contributed by atoms with E-state index in [2.05, 4.69) is 4.99 Å². The molecule has 0 bridgehead atoms. The van der Waals surface area contributed by atoms with Gasteiger partial charge >= 0.3 is 6.18 Å². The fraction of sp³-hybridized carbons (Fsp3) is 0.611. The number of benzene rings is 1. The highest BCUT2D eigenvalue weighted by Crippen LogP contribution is 2.41. The van der Waals surface area contributed by atoms with Crippen LogP contribution in [0.2, 0.25) is 0 Å². The Bertz CT molecular complexity index is 748.